The SMILES string of the molecule is COC1CC(NCC(N)c2cccs2)C1(C)C. The van der Waals surface area contributed by atoms with Gasteiger partial charge in [0.05, 0.1) is 12.1 Å². The minimum atomic E-state index is 0.104. The molecule has 1 aromatic rings. The van der Waals surface area contributed by atoms with Crippen LogP contribution in [0.2, 0.25) is 0 Å². The maximum Gasteiger partial charge on any atom is 0.0652 e. The number of hydrogen-bond acceptors (Lipinski definition) is 4. The Bertz CT molecular complexity index is 350. The van der Waals surface area contributed by atoms with Gasteiger partial charge in [-0.15, -0.1) is 11.3 Å². The third-order valence-electron chi connectivity index (χ3n) is 3.96. The summed E-state index contributed by atoms with van der Waals surface area (Å²) in [5, 5.41) is 5.64. The molecule has 1 heterocycles. The van der Waals surface area contributed by atoms with E-state index in [1.165, 1.54) is 4.88 Å². The summed E-state index contributed by atoms with van der Waals surface area (Å²) in [7, 11) is 1.79. The Morgan fingerprint density at radius 3 is 2.94 bits per heavy atom. The van der Waals surface area contributed by atoms with Crippen LogP contribution < -0.4 is 11.1 Å². The second kappa shape index (κ2) is 5.06. The first kappa shape index (κ1) is 13.0. The van der Waals surface area contributed by atoms with Crippen molar-refractivity contribution in [3.05, 3.63) is 22.4 Å². The summed E-state index contributed by atoms with van der Waals surface area (Å²) in [5.74, 6) is 0. The van der Waals surface area contributed by atoms with Crippen LogP contribution in [0.4, 0.5) is 0 Å². The quantitative estimate of drug-likeness (QED) is 0.846. The van der Waals surface area contributed by atoms with E-state index in [0.717, 1.165) is 13.0 Å². The first-order valence-electron chi connectivity index (χ1n) is 6.11. The fourth-order valence-corrected chi connectivity index (χ4v) is 3.23. The lowest BCUT2D eigenvalue weighted by atomic mass is 9.64. The minimum absolute atomic E-state index is 0.104. The molecule has 0 amide bonds. The van der Waals surface area contributed by atoms with Crippen molar-refractivity contribution in [2.45, 2.75) is 38.5 Å². The summed E-state index contributed by atoms with van der Waals surface area (Å²) in [4.78, 5) is 1.25. The first-order valence-corrected chi connectivity index (χ1v) is 6.99. The van der Waals surface area contributed by atoms with E-state index in [9.17, 15) is 0 Å². The summed E-state index contributed by atoms with van der Waals surface area (Å²) in [6, 6.07) is 4.76. The normalized spacial score (nSPS) is 28.7. The lowest BCUT2D eigenvalue weighted by molar-refractivity contribution is -0.0975. The number of rotatable bonds is 5. The number of nitrogens with one attached hydrogen (secondary N) is 1. The number of hydrogen-bond donors (Lipinski definition) is 2. The van der Waals surface area contributed by atoms with Gasteiger partial charge in [-0.2, -0.15) is 0 Å². The number of nitrogens with two attached hydrogens (primary N) is 1. The summed E-state index contributed by atoms with van der Waals surface area (Å²) in [6.07, 6.45) is 1.46. The molecule has 0 aromatic carbocycles. The van der Waals surface area contributed by atoms with E-state index in [4.69, 9.17) is 10.5 Å². The van der Waals surface area contributed by atoms with E-state index >= 15 is 0 Å². The molecule has 0 spiro atoms. The summed E-state index contributed by atoms with van der Waals surface area (Å²) in [5.41, 5.74) is 6.35. The molecule has 0 radical (unpaired) electrons. The molecule has 0 bridgehead atoms. The molecule has 4 heteroatoms. The van der Waals surface area contributed by atoms with E-state index in [1.54, 1.807) is 18.4 Å². The van der Waals surface area contributed by atoms with E-state index in [1.807, 2.05) is 6.07 Å². The van der Waals surface area contributed by atoms with Crippen LogP contribution >= 0.6 is 11.3 Å². The highest BCUT2D eigenvalue weighted by Crippen LogP contribution is 2.42. The van der Waals surface area contributed by atoms with Crippen molar-refractivity contribution < 1.29 is 4.74 Å². The molecule has 1 aliphatic carbocycles. The van der Waals surface area contributed by atoms with Crippen molar-refractivity contribution in [3.63, 3.8) is 0 Å². The van der Waals surface area contributed by atoms with Gasteiger partial charge < -0.3 is 15.8 Å². The number of thiophene rings is 1. The van der Waals surface area contributed by atoms with Crippen LogP contribution in [-0.2, 0) is 4.74 Å². The predicted octanol–water partition coefficient (Wildman–Crippen LogP) is 2.15. The van der Waals surface area contributed by atoms with Crippen molar-refractivity contribution in [1.29, 1.82) is 0 Å². The van der Waals surface area contributed by atoms with Crippen molar-refractivity contribution >= 4 is 11.3 Å². The van der Waals surface area contributed by atoms with Crippen LogP contribution in [-0.4, -0.2) is 25.8 Å². The van der Waals surface area contributed by atoms with Crippen molar-refractivity contribution in [1.82, 2.24) is 5.32 Å². The average molecular weight is 254 g/mol. The zero-order chi connectivity index (χ0) is 12.5. The highest BCUT2D eigenvalue weighted by atomic mass is 32.1. The number of ether oxygens (including phenoxy) is 1. The zero-order valence-electron chi connectivity index (χ0n) is 10.8. The van der Waals surface area contributed by atoms with E-state index in [-0.39, 0.29) is 11.5 Å². The highest BCUT2D eigenvalue weighted by Gasteiger charge is 2.48. The molecule has 3 nitrogen and oxygen atoms in total. The van der Waals surface area contributed by atoms with E-state index < -0.39 is 0 Å². The van der Waals surface area contributed by atoms with Crippen LogP contribution in [0.15, 0.2) is 17.5 Å². The van der Waals surface area contributed by atoms with Gasteiger partial charge in [0.25, 0.3) is 0 Å². The Kier molecular flexibility index (Phi) is 3.88. The molecule has 1 fully saturated rings. The van der Waals surface area contributed by atoms with Gasteiger partial charge in [0.2, 0.25) is 0 Å². The average Bonchev–Trinajstić information content (AvgIpc) is 2.81. The largest absolute Gasteiger partial charge is 0.381 e. The standard InChI is InChI=1S/C13H22N2OS/c1-13(2)11(7-12(13)16-3)15-8-9(14)10-5-4-6-17-10/h4-6,9,11-12,15H,7-8,14H2,1-3H3. The first-order chi connectivity index (χ1) is 8.05. The molecule has 3 unspecified atom stereocenters. The van der Waals surface area contributed by atoms with Crippen LogP contribution in [0, 0.1) is 5.41 Å². The maximum atomic E-state index is 6.14. The van der Waals surface area contributed by atoms with Gasteiger partial charge in [0.15, 0.2) is 0 Å². The van der Waals surface area contributed by atoms with Crippen LogP contribution in [0.5, 0.6) is 0 Å². The molecule has 1 aliphatic rings. The summed E-state index contributed by atoms with van der Waals surface area (Å²) >= 11 is 1.72. The Hall–Kier alpha value is -0.420. The molecular weight excluding hydrogens is 232 g/mol. The lowest BCUT2D eigenvalue weighted by Gasteiger charge is -2.51. The van der Waals surface area contributed by atoms with E-state index in [2.05, 4.69) is 30.6 Å². The topological polar surface area (TPSA) is 47.3 Å². The second-order valence-electron chi connectivity index (χ2n) is 5.36. The molecule has 96 valence electrons. The predicted molar refractivity (Wildman–Crippen MR) is 72.2 cm³/mol. The molecule has 1 saturated carbocycles. The third-order valence-corrected chi connectivity index (χ3v) is 4.96. The van der Waals surface area contributed by atoms with Crippen molar-refractivity contribution in [2.24, 2.45) is 11.1 Å². The van der Waals surface area contributed by atoms with Crippen LogP contribution in [0.25, 0.3) is 0 Å². The van der Waals surface area contributed by atoms with Gasteiger partial charge in [-0.05, 0) is 17.9 Å². The molecule has 3 atom stereocenters. The Morgan fingerprint density at radius 2 is 2.41 bits per heavy atom. The molecule has 3 N–H and O–H groups in total. The Balaban J connectivity index is 1.80. The fraction of sp³-hybridized carbons (Fsp3) is 0.692. The van der Waals surface area contributed by atoms with Gasteiger partial charge >= 0.3 is 0 Å². The maximum absolute atomic E-state index is 6.14. The molecule has 17 heavy (non-hydrogen) atoms. The Labute approximate surface area is 107 Å². The van der Waals surface area contributed by atoms with Gasteiger partial charge in [-0.1, -0.05) is 19.9 Å². The van der Waals surface area contributed by atoms with Gasteiger partial charge in [-0.3, -0.25) is 0 Å². The van der Waals surface area contributed by atoms with Crippen molar-refractivity contribution in [2.75, 3.05) is 13.7 Å². The smallest absolute Gasteiger partial charge is 0.0652 e. The lowest BCUT2D eigenvalue weighted by Crippen LogP contribution is -2.61. The zero-order valence-corrected chi connectivity index (χ0v) is 11.6. The molecular formula is C13H22N2OS. The molecule has 0 aliphatic heterocycles. The minimum Gasteiger partial charge on any atom is -0.381 e. The van der Waals surface area contributed by atoms with Gasteiger partial charge in [-0.25, -0.2) is 0 Å². The fourth-order valence-electron chi connectivity index (χ4n) is 2.50. The summed E-state index contributed by atoms with van der Waals surface area (Å²) < 4.78 is 5.44. The van der Waals surface area contributed by atoms with Gasteiger partial charge in [0, 0.05) is 30.0 Å². The van der Waals surface area contributed by atoms with Crippen molar-refractivity contribution in [3.8, 4) is 0 Å². The molecule has 0 saturated heterocycles. The van der Waals surface area contributed by atoms with E-state index in [0.29, 0.717) is 12.1 Å². The van der Waals surface area contributed by atoms with Gasteiger partial charge in [0.1, 0.15) is 0 Å². The Morgan fingerprint density at radius 1 is 1.65 bits per heavy atom. The molecule has 2 rings (SSSR count). The van der Waals surface area contributed by atoms with Crippen LogP contribution in [0.1, 0.15) is 31.2 Å². The summed E-state index contributed by atoms with van der Waals surface area (Å²) in [6.45, 7) is 5.34. The molecule has 1 aromatic heterocycles. The number of methoxy groups -OCH3 is 1. The second-order valence-corrected chi connectivity index (χ2v) is 6.34. The highest BCUT2D eigenvalue weighted by molar-refractivity contribution is 7.10. The third kappa shape index (κ3) is 2.55. The van der Waals surface area contributed by atoms with Crippen LogP contribution in [0.3, 0.4) is 0 Å². The monoisotopic (exact) mass is 254 g/mol.